The van der Waals surface area contributed by atoms with Gasteiger partial charge in [-0.1, -0.05) is 18.9 Å². The lowest BCUT2D eigenvalue weighted by Gasteiger charge is -2.30. The molecule has 3 nitrogen and oxygen atoms in total. The van der Waals surface area contributed by atoms with Gasteiger partial charge in [0.1, 0.15) is 0 Å². The maximum absolute atomic E-state index is 12.1. The number of allylic oxidation sites excluding steroid dienone is 1. The highest BCUT2D eigenvalue weighted by atomic mass is 32.2. The van der Waals surface area contributed by atoms with E-state index in [-0.39, 0.29) is 11.3 Å². The Labute approximate surface area is 106 Å². The van der Waals surface area contributed by atoms with Gasteiger partial charge in [0.05, 0.1) is 11.0 Å². The van der Waals surface area contributed by atoms with Gasteiger partial charge in [0, 0.05) is 6.04 Å². The predicted molar refractivity (Wildman–Crippen MR) is 72.9 cm³/mol. The van der Waals surface area contributed by atoms with E-state index in [1.807, 2.05) is 13.8 Å². The molecule has 0 amide bonds. The molecule has 2 atom stereocenters. The molecule has 1 saturated heterocycles. The van der Waals surface area contributed by atoms with E-state index in [0.29, 0.717) is 5.75 Å². The quantitative estimate of drug-likeness (QED) is 0.744. The minimum atomic E-state index is -2.89. The van der Waals surface area contributed by atoms with Crippen LogP contribution in [0.5, 0.6) is 0 Å². The van der Waals surface area contributed by atoms with Crippen LogP contribution in [0.3, 0.4) is 0 Å². The van der Waals surface area contributed by atoms with E-state index in [1.165, 1.54) is 0 Å². The molecule has 1 heterocycles. The van der Waals surface area contributed by atoms with Crippen LogP contribution in [0.1, 0.15) is 46.0 Å². The maximum atomic E-state index is 12.1. The predicted octanol–water partition coefficient (Wildman–Crippen LogP) is 2.29. The minimum Gasteiger partial charge on any atom is -0.313 e. The highest BCUT2D eigenvalue weighted by molar-refractivity contribution is 7.92. The zero-order chi connectivity index (χ0) is 12.9. The summed E-state index contributed by atoms with van der Waals surface area (Å²) in [6, 6.07) is 0.0991. The van der Waals surface area contributed by atoms with Gasteiger partial charge < -0.3 is 5.32 Å². The van der Waals surface area contributed by atoms with Gasteiger partial charge in [-0.2, -0.15) is 0 Å². The fraction of sp³-hybridized carbons (Fsp3) is 0.846. The van der Waals surface area contributed by atoms with Crippen molar-refractivity contribution in [2.45, 2.75) is 57.2 Å². The second-order valence-electron chi connectivity index (χ2n) is 5.06. The molecule has 0 aliphatic carbocycles. The Kier molecular flexibility index (Phi) is 5.67. The monoisotopic (exact) mass is 259 g/mol. The summed E-state index contributed by atoms with van der Waals surface area (Å²) in [6.45, 7) is 8.75. The van der Waals surface area contributed by atoms with Crippen molar-refractivity contribution in [2.24, 2.45) is 0 Å². The molecule has 0 spiro atoms. The first-order valence-corrected chi connectivity index (χ1v) is 8.28. The molecule has 1 aliphatic heterocycles. The van der Waals surface area contributed by atoms with Crippen LogP contribution in [-0.4, -0.2) is 32.0 Å². The van der Waals surface area contributed by atoms with E-state index in [2.05, 4.69) is 11.9 Å². The van der Waals surface area contributed by atoms with Crippen LogP contribution in [0.2, 0.25) is 0 Å². The average molecular weight is 259 g/mol. The Morgan fingerprint density at radius 3 is 2.71 bits per heavy atom. The van der Waals surface area contributed by atoms with E-state index < -0.39 is 9.84 Å². The zero-order valence-corrected chi connectivity index (χ0v) is 11.9. The summed E-state index contributed by atoms with van der Waals surface area (Å²) in [5.41, 5.74) is 1.13. The average Bonchev–Trinajstić information content (AvgIpc) is 2.24. The molecule has 0 aromatic rings. The first-order valence-electron chi connectivity index (χ1n) is 6.56. The van der Waals surface area contributed by atoms with Gasteiger partial charge >= 0.3 is 0 Å². The van der Waals surface area contributed by atoms with Crippen molar-refractivity contribution in [3.8, 4) is 0 Å². The molecule has 1 aliphatic rings. The lowest BCUT2D eigenvalue weighted by atomic mass is 10.0. The summed E-state index contributed by atoms with van der Waals surface area (Å²) in [6.07, 6.45) is 4.48. The largest absolute Gasteiger partial charge is 0.313 e. The third kappa shape index (κ3) is 4.43. The Morgan fingerprint density at radius 1 is 1.47 bits per heavy atom. The number of hydrogen-bond donors (Lipinski definition) is 1. The van der Waals surface area contributed by atoms with Gasteiger partial charge in [0.2, 0.25) is 0 Å². The number of rotatable bonds is 6. The summed E-state index contributed by atoms with van der Waals surface area (Å²) < 4.78 is 24.2. The van der Waals surface area contributed by atoms with Crippen LogP contribution in [0.4, 0.5) is 0 Å². The first kappa shape index (κ1) is 14.7. The molecule has 4 heteroatoms. The van der Waals surface area contributed by atoms with Crippen LogP contribution in [-0.2, 0) is 9.84 Å². The van der Waals surface area contributed by atoms with Gasteiger partial charge in [-0.3, -0.25) is 0 Å². The fourth-order valence-electron chi connectivity index (χ4n) is 2.51. The van der Waals surface area contributed by atoms with Crippen LogP contribution >= 0.6 is 0 Å². The lowest BCUT2D eigenvalue weighted by Crippen LogP contribution is -2.46. The number of sulfone groups is 1. The SMILES string of the molecule is C=C(C)CCC(NCC)C1CCCCS1(=O)=O. The normalized spacial score (nSPS) is 25.4. The highest BCUT2D eigenvalue weighted by Crippen LogP contribution is 2.25. The van der Waals surface area contributed by atoms with Gasteiger partial charge in [0.15, 0.2) is 9.84 Å². The Morgan fingerprint density at radius 2 is 2.18 bits per heavy atom. The Hall–Kier alpha value is -0.350. The van der Waals surface area contributed by atoms with Crippen molar-refractivity contribution in [2.75, 3.05) is 12.3 Å². The van der Waals surface area contributed by atoms with E-state index in [1.54, 1.807) is 0 Å². The highest BCUT2D eigenvalue weighted by Gasteiger charge is 2.34. The van der Waals surface area contributed by atoms with Crippen molar-refractivity contribution < 1.29 is 8.42 Å². The molecule has 0 aromatic carbocycles. The first-order chi connectivity index (χ1) is 7.97. The minimum absolute atomic E-state index is 0.0991. The van der Waals surface area contributed by atoms with Gasteiger partial charge in [0.25, 0.3) is 0 Å². The molecule has 1 fully saturated rings. The van der Waals surface area contributed by atoms with Gasteiger partial charge in [-0.15, -0.1) is 6.58 Å². The maximum Gasteiger partial charge on any atom is 0.154 e. The van der Waals surface area contributed by atoms with Crippen molar-refractivity contribution in [3.63, 3.8) is 0 Å². The van der Waals surface area contributed by atoms with E-state index in [4.69, 9.17) is 0 Å². The lowest BCUT2D eigenvalue weighted by molar-refractivity contribution is 0.423. The van der Waals surface area contributed by atoms with E-state index >= 15 is 0 Å². The number of hydrogen-bond acceptors (Lipinski definition) is 3. The third-order valence-electron chi connectivity index (χ3n) is 3.43. The van der Waals surface area contributed by atoms with Crippen molar-refractivity contribution in [3.05, 3.63) is 12.2 Å². The standard InChI is InChI=1S/C13H25NO2S/c1-4-14-12(9-8-11(2)3)13-7-5-6-10-17(13,15)16/h12-14H,2,4-10H2,1,3H3. The molecule has 1 N–H and O–H groups in total. The van der Waals surface area contributed by atoms with Gasteiger partial charge in [-0.25, -0.2) is 8.42 Å². The molecule has 100 valence electrons. The van der Waals surface area contributed by atoms with E-state index in [0.717, 1.165) is 44.2 Å². The molecule has 0 radical (unpaired) electrons. The summed E-state index contributed by atoms with van der Waals surface area (Å²) in [5, 5.41) is 3.16. The van der Waals surface area contributed by atoms with Crippen molar-refractivity contribution in [1.29, 1.82) is 0 Å². The van der Waals surface area contributed by atoms with Crippen LogP contribution < -0.4 is 5.32 Å². The molecule has 17 heavy (non-hydrogen) atoms. The molecular formula is C13H25NO2S. The van der Waals surface area contributed by atoms with Crippen LogP contribution in [0.15, 0.2) is 12.2 Å². The smallest absolute Gasteiger partial charge is 0.154 e. The second kappa shape index (κ2) is 6.55. The van der Waals surface area contributed by atoms with Gasteiger partial charge in [-0.05, 0) is 39.2 Å². The third-order valence-corrected chi connectivity index (χ3v) is 5.77. The van der Waals surface area contributed by atoms with Crippen molar-refractivity contribution in [1.82, 2.24) is 5.32 Å². The summed E-state index contributed by atoms with van der Waals surface area (Å²) in [7, 11) is -2.89. The van der Waals surface area contributed by atoms with E-state index in [9.17, 15) is 8.42 Å². The molecular weight excluding hydrogens is 234 g/mol. The molecule has 2 unspecified atom stereocenters. The number of nitrogens with one attached hydrogen (secondary N) is 1. The van der Waals surface area contributed by atoms with Crippen molar-refractivity contribution >= 4 is 9.84 Å². The summed E-state index contributed by atoms with van der Waals surface area (Å²) >= 11 is 0. The molecule has 0 bridgehead atoms. The summed E-state index contributed by atoms with van der Waals surface area (Å²) in [4.78, 5) is 0. The zero-order valence-electron chi connectivity index (χ0n) is 11.0. The topological polar surface area (TPSA) is 46.2 Å². The van der Waals surface area contributed by atoms with Crippen LogP contribution in [0.25, 0.3) is 0 Å². The Balaban J connectivity index is 2.70. The summed E-state index contributed by atoms with van der Waals surface area (Å²) in [5.74, 6) is 0.368. The van der Waals surface area contributed by atoms with Crippen LogP contribution in [0, 0.1) is 0 Å². The molecule has 0 saturated carbocycles. The second-order valence-corrected chi connectivity index (χ2v) is 7.40. The fourth-order valence-corrected chi connectivity index (χ4v) is 4.68. The molecule has 0 aromatic heterocycles. The Bertz CT molecular complexity index is 348. The molecule has 1 rings (SSSR count).